The SMILES string of the molecule is C#CCC(C)NC(C(=O)O)C(C)C. The molecule has 74 valence electrons. The minimum atomic E-state index is -0.820. The number of terminal acetylenes is 1. The van der Waals surface area contributed by atoms with E-state index in [9.17, 15) is 4.79 Å². The summed E-state index contributed by atoms with van der Waals surface area (Å²) in [4.78, 5) is 10.8. The van der Waals surface area contributed by atoms with Crippen LogP contribution in [0.2, 0.25) is 0 Å². The molecule has 13 heavy (non-hydrogen) atoms. The average Bonchev–Trinajstić information content (AvgIpc) is 1.99. The van der Waals surface area contributed by atoms with Gasteiger partial charge in [-0.05, 0) is 12.8 Å². The lowest BCUT2D eigenvalue weighted by atomic mass is 10.0. The van der Waals surface area contributed by atoms with Crippen molar-refractivity contribution in [1.29, 1.82) is 0 Å². The third kappa shape index (κ3) is 4.54. The molecular weight excluding hydrogens is 166 g/mol. The summed E-state index contributed by atoms with van der Waals surface area (Å²) in [5.41, 5.74) is 0. The van der Waals surface area contributed by atoms with Crippen LogP contribution in [0.3, 0.4) is 0 Å². The van der Waals surface area contributed by atoms with E-state index in [2.05, 4.69) is 11.2 Å². The molecule has 0 aromatic carbocycles. The standard InChI is InChI=1S/C10H17NO2/c1-5-6-8(4)11-9(7(2)3)10(12)13/h1,7-9,11H,6H2,2-4H3,(H,12,13). The zero-order valence-corrected chi connectivity index (χ0v) is 8.37. The van der Waals surface area contributed by atoms with E-state index < -0.39 is 12.0 Å². The Bertz CT molecular complexity index is 205. The lowest BCUT2D eigenvalue weighted by molar-refractivity contribution is -0.140. The second-order valence-electron chi connectivity index (χ2n) is 3.54. The second-order valence-corrected chi connectivity index (χ2v) is 3.54. The maximum atomic E-state index is 10.8. The van der Waals surface area contributed by atoms with Gasteiger partial charge in [-0.2, -0.15) is 0 Å². The van der Waals surface area contributed by atoms with Crippen LogP contribution in [0.1, 0.15) is 27.2 Å². The van der Waals surface area contributed by atoms with E-state index >= 15 is 0 Å². The van der Waals surface area contributed by atoms with Gasteiger partial charge in [0.1, 0.15) is 6.04 Å². The van der Waals surface area contributed by atoms with Gasteiger partial charge in [-0.15, -0.1) is 12.3 Å². The van der Waals surface area contributed by atoms with E-state index in [1.54, 1.807) is 0 Å². The molecule has 0 fully saturated rings. The fourth-order valence-corrected chi connectivity index (χ4v) is 1.09. The molecule has 2 atom stereocenters. The molecule has 0 radical (unpaired) electrons. The zero-order chi connectivity index (χ0) is 10.4. The molecule has 0 rings (SSSR count). The highest BCUT2D eigenvalue weighted by atomic mass is 16.4. The minimum absolute atomic E-state index is 0.0495. The highest BCUT2D eigenvalue weighted by Gasteiger charge is 2.22. The predicted octanol–water partition coefficient (Wildman–Crippen LogP) is 1.10. The van der Waals surface area contributed by atoms with Crippen LogP contribution in [0.25, 0.3) is 0 Å². The molecule has 0 bridgehead atoms. The van der Waals surface area contributed by atoms with Crippen LogP contribution in [0.4, 0.5) is 0 Å². The lowest BCUT2D eigenvalue weighted by Crippen LogP contribution is -2.45. The summed E-state index contributed by atoms with van der Waals surface area (Å²) in [5, 5.41) is 11.8. The van der Waals surface area contributed by atoms with Crippen molar-refractivity contribution in [3.8, 4) is 12.3 Å². The molecule has 0 heterocycles. The average molecular weight is 183 g/mol. The van der Waals surface area contributed by atoms with Crippen LogP contribution < -0.4 is 5.32 Å². The number of rotatable bonds is 5. The van der Waals surface area contributed by atoms with Gasteiger partial charge >= 0.3 is 5.97 Å². The Labute approximate surface area is 79.5 Å². The summed E-state index contributed by atoms with van der Waals surface area (Å²) in [5.74, 6) is 1.74. The topological polar surface area (TPSA) is 49.3 Å². The summed E-state index contributed by atoms with van der Waals surface area (Å²) in [7, 11) is 0. The first-order valence-electron chi connectivity index (χ1n) is 4.41. The van der Waals surface area contributed by atoms with Crippen molar-refractivity contribution >= 4 is 5.97 Å². The van der Waals surface area contributed by atoms with E-state index in [-0.39, 0.29) is 12.0 Å². The van der Waals surface area contributed by atoms with Gasteiger partial charge < -0.3 is 10.4 Å². The van der Waals surface area contributed by atoms with E-state index in [0.29, 0.717) is 6.42 Å². The summed E-state index contributed by atoms with van der Waals surface area (Å²) in [6.45, 7) is 5.63. The van der Waals surface area contributed by atoms with Gasteiger partial charge in [-0.25, -0.2) is 0 Å². The summed E-state index contributed by atoms with van der Waals surface area (Å²) in [6.07, 6.45) is 5.67. The van der Waals surface area contributed by atoms with E-state index in [4.69, 9.17) is 11.5 Å². The smallest absolute Gasteiger partial charge is 0.320 e. The number of nitrogens with one attached hydrogen (secondary N) is 1. The first-order chi connectivity index (χ1) is 5.99. The minimum Gasteiger partial charge on any atom is -0.480 e. The second kappa shape index (κ2) is 5.60. The van der Waals surface area contributed by atoms with Gasteiger partial charge in [-0.1, -0.05) is 13.8 Å². The van der Waals surface area contributed by atoms with Crippen molar-refractivity contribution in [2.24, 2.45) is 5.92 Å². The fraction of sp³-hybridized carbons (Fsp3) is 0.700. The van der Waals surface area contributed by atoms with Crippen molar-refractivity contribution < 1.29 is 9.90 Å². The molecule has 3 heteroatoms. The molecule has 0 amide bonds. The van der Waals surface area contributed by atoms with Crippen molar-refractivity contribution in [1.82, 2.24) is 5.32 Å². The molecule has 0 saturated heterocycles. The normalized spacial score (nSPS) is 15.0. The van der Waals surface area contributed by atoms with Crippen LogP contribution in [0.15, 0.2) is 0 Å². The Hall–Kier alpha value is -1.01. The van der Waals surface area contributed by atoms with Gasteiger partial charge in [-0.3, -0.25) is 4.79 Å². The summed E-state index contributed by atoms with van der Waals surface area (Å²) < 4.78 is 0. The number of aliphatic carboxylic acids is 1. The van der Waals surface area contributed by atoms with E-state index in [0.717, 1.165) is 0 Å². The maximum Gasteiger partial charge on any atom is 0.320 e. The third-order valence-corrected chi connectivity index (χ3v) is 1.82. The van der Waals surface area contributed by atoms with Crippen molar-refractivity contribution in [2.75, 3.05) is 0 Å². The Morgan fingerprint density at radius 1 is 1.54 bits per heavy atom. The molecule has 2 unspecified atom stereocenters. The molecule has 0 saturated carbocycles. The molecule has 0 aliphatic carbocycles. The molecule has 0 aliphatic rings. The Morgan fingerprint density at radius 2 is 2.08 bits per heavy atom. The Balaban J connectivity index is 4.12. The van der Waals surface area contributed by atoms with Crippen LogP contribution in [0, 0.1) is 18.3 Å². The summed E-state index contributed by atoms with van der Waals surface area (Å²) >= 11 is 0. The summed E-state index contributed by atoms with van der Waals surface area (Å²) in [6, 6.07) is -0.461. The number of hydrogen-bond donors (Lipinski definition) is 2. The highest BCUT2D eigenvalue weighted by molar-refractivity contribution is 5.73. The van der Waals surface area contributed by atoms with Gasteiger partial charge in [0.15, 0.2) is 0 Å². The zero-order valence-electron chi connectivity index (χ0n) is 8.37. The third-order valence-electron chi connectivity index (χ3n) is 1.82. The van der Waals surface area contributed by atoms with Crippen LogP contribution >= 0.6 is 0 Å². The van der Waals surface area contributed by atoms with Crippen molar-refractivity contribution in [3.63, 3.8) is 0 Å². The first kappa shape index (κ1) is 12.0. The number of hydrogen-bond acceptors (Lipinski definition) is 2. The van der Waals surface area contributed by atoms with Crippen LogP contribution in [0.5, 0.6) is 0 Å². The predicted molar refractivity (Wildman–Crippen MR) is 52.3 cm³/mol. The Kier molecular flexibility index (Phi) is 5.17. The molecule has 0 aromatic rings. The number of carboxylic acid groups (broad SMARTS) is 1. The first-order valence-corrected chi connectivity index (χ1v) is 4.41. The lowest BCUT2D eigenvalue weighted by Gasteiger charge is -2.21. The molecule has 0 aliphatic heterocycles. The Morgan fingerprint density at radius 3 is 2.38 bits per heavy atom. The molecule has 0 aromatic heterocycles. The monoisotopic (exact) mass is 183 g/mol. The van der Waals surface area contributed by atoms with Gasteiger partial charge in [0.25, 0.3) is 0 Å². The van der Waals surface area contributed by atoms with Gasteiger partial charge in [0.05, 0.1) is 0 Å². The molecule has 2 N–H and O–H groups in total. The molecular formula is C10H17NO2. The van der Waals surface area contributed by atoms with Crippen LogP contribution in [-0.2, 0) is 4.79 Å². The quantitative estimate of drug-likeness (QED) is 0.627. The number of carboxylic acids is 1. The maximum absolute atomic E-state index is 10.8. The van der Waals surface area contributed by atoms with Gasteiger partial charge in [0, 0.05) is 12.5 Å². The highest BCUT2D eigenvalue weighted by Crippen LogP contribution is 2.03. The largest absolute Gasteiger partial charge is 0.480 e. The molecule has 0 spiro atoms. The molecule has 3 nitrogen and oxygen atoms in total. The van der Waals surface area contributed by atoms with Crippen molar-refractivity contribution in [3.05, 3.63) is 0 Å². The number of carbonyl (C=O) groups is 1. The van der Waals surface area contributed by atoms with E-state index in [1.165, 1.54) is 0 Å². The van der Waals surface area contributed by atoms with Crippen molar-refractivity contribution in [2.45, 2.75) is 39.3 Å². The van der Waals surface area contributed by atoms with Gasteiger partial charge in [0.2, 0.25) is 0 Å². The van der Waals surface area contributed by atoms with E-state index in [1.807, 2.05) is 20.8 Å². The fourth-order valence-electron chi connectivity index (χ4n) is 1.09. The van der Waals surface area contributed by atoms with Crippen LogP contribution in [-0.4, -0.2) is 23.2 Å².